The van der Waals surface area contributed by atoms with Crippen molar-refractivity contribution in [3.8, 4) is 11.5 Å². The molecular weight excluding hydrogens is 400 g/mol. The van der Waals surface area contributed by atoms with Gasteiger partial charge in [0.15, 0.2) is 0 Å². The van der Waals surface area contributed by atoms with Crippen molar-refractivity contribution in [2.24, 2.45) is 0 Å². The zero-order chi connectivity index (χ0) is 17.3. The van der Waals surface area contributed by atoms with E-state index in [1.54, 1.807) is 18.2 Å². The Bertz CT molecular complexity index is 1070. The van der Waals surface area contributed by atoms with Gasteiger partial charge in [0.25, 0.3) is 0 Å². The molecule has 0 amide bonds. The first-order valence-corrected chi connectivity index (χ1v) is 8.91. The van der Waals surface area contributed by atoms with E-state index in [1.807, 2.05) is 0 Å². The van der Waals surface area contributed by atoms with Gasteiger partial charge in [-0.25, -0.2) is 4.79 Å². The molecule has 124 valence electrons. The summed E-state index contributed by atoms with van der Waals surface area (Å²) in [5.41, 5.74) is -0.299. The Morgan fingerprint density at radius 2 is 1.79 bits per heavy atom. The molecule has 1 heterocycles. The highest BCUT2D eigenvalue weighted by Crippen LogP contribution is 2.30. The molecule has 24 heavy (non-hydrogen) atoms. The van der Waals surface area contributed by atoms with Crippen molar-refractivity contribution in [1.82, 2.24) is 0 Å². The summed E-state index contributed by atoms with van der Waals surface area (Å²) in [6, 6.07) is 11.8. The van der Waals surface area contributed by atoms with Gasteiger partial charge in [0, 0.05) is 22.0 Å². The van der Waals surface area contributed by atoms with Crippen LogP contribution in [0.15, 0.2) is 67.1 Å². The minimum absolute atomic E-state index is 0.0267. The molecule has 0 saturated heterocycles. The Labute approximate surface area is 145 Å². The van der Waals surface area contributed by atoms with E-state index >= 15 is 0 Å². The van der Waals surface area contributed by atoms with E-state index < -0.39 is 15.7 Å². The lowest BCUT2D eigenvalue weighted by Gasteiger charge is -2.11. The predicted molar refractivity (Wildman–Crippen MR) is 91.0 cm³/mol. The highest BCUT2D eigenvalue weighted by atomic mass is 79.9. The Morgan fingerprint density at radius 1 is 1.04 bits per heavy atom. The molecule has 2 aromatic carbocycles. The molecule has 0 bridgehead atoms. The summed E-state index contributed by atoms with van der Waals surface area (Å²) in [6.45, 7) is 0. The standard InChI is InChI=1S/C16H11BrO6S/c1-21-13-6-4-11(17)8-15(13)24(19,20)23-12-5-2-10-3-7-16(18)22-14(10)9-12/h2-9H,1H3. The Balaban J connectivity index is 2.03. The molecule has 3 rings (SSSR count). The highest BCUT2D eigenvalue weighted by Gasteiger charge is 2.22. The summed E-state index contributed by atoms with van der Waals surface area (Å²) in [5, 5.41) is 0.652. The number of rotatable bonds is 4. The van der Waals surface area contributed by atoms with Crippen LogP contribution in [-0.4, -0.2) is 15.5 Å². The molecule has 0 radical (unpaired) electrons. The quantitative estimate of drug-likeness (QED) is 0.484. The van der Waals surface area contributed by atoms with Crippen LogP contribution in [-0.2, 0) is 10.1 Å². The van der Waals surface area contributed by atoms with E-state index in [2.05, 4.69) is 15.9 Å². The minimum Gasteiger partial charge on any atom is -0.495 e. The van der Waals surface area contributed by atoms with E-state index in [9.17, 15) is 13.2 Å². The van der Waals surface area contributed by atoms with E-state index in [0.717, 1.165) is 0 Å². The fourth-order valence-corrected chi connectivity index (χ4v) is 3.74. The van der Waals surface area contributed by atoms with E-state index in [0.29, 0.717) is 9.86 Å². The number of methoxy groups -OCH3 is 1. The fourth-order valence-electron chi connectivity index (χ4n) is 2.11. The highest BCUT2D eigenvalue weighted by molar-refractivity contribution is 9.10. The zero-order valence-corrected chi connectivity index (χ0v) is 14.8. The van der Waals surface area contributed by atoms with Crippen LogP contribution in [0, 0.1) is 0 Å². The number of hydrogen-bond acceptors (Lipinski definition) is 6. The van der Waals surface area contributed by atoms with Gasteiger partial charge < -0.3 is 13.3 Å². The molecule has 3 aromatic rings. The summed E-state index contributed by atoms with van der Waals surface area (Å²) in [6.07, 6.45) is 0. The average Bonchev–Trinajstić information content (AvgIpc) is 2.54. The van der Waals surface area contributed by atoms with Crippen LogP contribution in [0.2, 0.25) is 0 Å². The number of benzene rings is 2. The second-order valence-corrected chi connectivity index (χ2v) is 7.22. The maximum absolute atomic E-state index is 12.5. The van der Waals surface area contributed by atoms with Crippen molar-refractivity contribution in [3.05, 3.63) is 63.4 Å². The lowest BCUT2D eigenvalue weighted by atomic mass is 10.2. The van der Waals surface area contributed by atoms with Gasteiger partial charge in [-0.15, -0.1) is 0 Å². The number of hydrogen-bond donors (Lipinski definition) is 0. The SMILES string of the molecule is COc1ccc(Br)cc1S(=O)(=O)Oc1ccc2ccc(=O)oc2c1. The second-order valence-electron chi connectivity index (χ2n) is 4.79. The molecule has 0 atom stereocenters. The van der Waals surface area contributed by atoms with Gasteiger partial charge in [-0.3, -0.25) is 0 Å². The summed E-state index contributed by atoms with van der Waals surface area (Å²) >= 11 is 3.22. The molecule has 1 aromatic heterocycles. The molecule has 6 nitrogen and oxygen atoms in total. The first-order valence-electron chi connectivity index (χ1n) is 6.71. The van der Waals surface area contributed by atoms with Crippen molar-refractivity contribution >= 4 is 37.0 Å². The van der Waals surface area contributed by atoms with Crippen LogP contribution in [0.1, 0.15) is 0 Å². The van der Waals surface area contributed by atoms with Gasteiger partial charge in [-0.05, 0) is 36.4 Å². The van der Waals surface area contributed by atoms with Crippen LogP contribution in [0.25, 0.3) is 11.0 Å². The Kier molecular flexibility index (Phi) is 4.33. The first-order chi connectivity index (χ1) is 11.4. The topological polar surface area (TPSA) is 82.8 Å². The smallest absolute Gasteiger partial charge is 0.342 e. The fraction of sp³-hybridized carbons (Fsp3) is 0.0625. The van der Waals surface area contributed by atoms with Crippen molar-refractivity contribution in [2.75, 3.05) is 7.11 Å². The van der Waals surface area contributed by atoms with Gasteiger partial charge in [-0.2, -0.15) is 8.42 Å². The summed E-state index contributed by atoms with van der Waals surface area (Å²) in [5.74, 6) is 0.185. The van der Waals surface area contributed by atoms with E-state index in [1.165, 1.54) is 37.4 Å². The Morgan fingerprint density at radius 3 is 2.54 bits per heavy atom. The van der Waals surface area contributed by atoms with Gasteiger partial charge in [-0.1, -0.05) is 15.9 Å². The van der Waals surface area contributed by atoms with Gasteiger partial charge >= 0.3 is 15.7 Å². The minimum atomic E-state index is -4.13. The molecule has 0 spiro atoms. The third-order valence-electron chi connectivity index (χ3n) is 3.20. The molecular formula is C16H11BrO6S. The summed E-state index contributed by atoms with van der Waals surface area (Å²) in [4.78, 5) is 11.2. The third kappa shape index (κ3) is 3.29. The van der Waals surface area contributed by atoms with Gasteiger partial charge in [0.2, 0.25) is 0 Å². The molecule has 8 heteroatoms. The molecule has 0 aliphatic heterocycles. The maximum Gasteiger partial charge on any atom is 0.342 e. The van der Waals surface area contributed by atoms with Crippen molar-refractivity contribution < 1.29 is 21.8 Å². The normalized spacial score (nSPS) is 11.4. The van der Waals surface area contributed by atoms with Crippen molar-refractivity contribution in [3.63, 3.8) is 0 Å². The zero-order valence-electron chi connectivity index (χ0n) is 12.4. The summed E-state index contributed by atoms with van der Waals surface area (Å²) < 4.78 is 40.8. The van der Waals surface area contributed by atoms with Crippen LogP contribution in [0.3, 0.4) is 0 Å². The van der Waals surface area contributed by atoms with Crippen LogP contribution >= 0.6 is 15.9 Å². The van der Waals surface area contributed by atoms with E-state index in [-0.39, 0.29) is 22.0 Å². The van der Waals surface area contributed by atoms with Crippen molar-refractivity contribution in [1.29, 1.82) is 0 Å². The lowest BCUT2D eigenvalue weighted by molar-refractivity contribution is 0.398. The molecule has 0 fully saturated rings. The average molecular weight is 411 g/mol. The van der Waals surface area contributed by atoms with E-state index in [4.69, 9.17) is 13.3 Å². The number of halogens is 1. The van der Waals surface area contributed by atoms with Crippen LogP contribution in [0.4, 0.5) is 0 Å². The lowest BCUT2D eigenvalue weighted by Crippen LogP contribution is -2.11. The molecule has 0 N–H and O–H groups in total. The number of ether oxygens (including phenoxy) is 1. The van der Waals surface area contributed by atoms with Crippen molar-refractivity contribution in [2.45, 2.75) is 4.90 Å². The molecule has 0 unspecified atom stereocenters. The Hall–Kier alpha value is -2.32. The number of fused-ring (bicyclic) bond motifs is 1. The maximum atomic E-state index is 12.5. The first kappa shape index (κ1) is 16.5. The molecule has 0 aliphatic carbocycles. The van der Waals surface area contributed by atoms with Crippen LogP contribution in [0.5, 0.6) is 11.5 Å². The van der Waals surface area contributed by atoms with Gasteiger partial charge in [0.1, 0.15) is 22.0 Å². The largest absolute Gasteiger partial charge is 0.495 e. The molecule has 0 aliphatic rings. The predicted octanol–water partition coefficient (Wildman–Crippen LogP) is 3.33. The van der Waals surface area contributed by atoms with Gasteiger partial charge in [0.05, 0.1) is 7.11 Å². The second kappa shape index (κ2) is 6.29. The molecule has 0 saturated carbocycles. The third-order valence-corrected chi connectivity index (χ3v) is 4.96. The monoisotopic (exact) mass is 410 g/mol. The summed E-state index contributed by atoms with van der Waals surface area (Å²) in [7, 11) is -2.76. The van der Waals surface area contributed by atoms with Crippen LogP contribution < -0.4 is 14.5 Å².